The van der Waals surface area contributed by atoms with Crippen LogP contribution in [0.4, 0.5) is 17.6 Å². The fraction of sp³-hybridized carbons (Fsp3) is 0.190. The molecule has 2 aromatic carbocycles. The largest absolute Gasteiger partial charge is 0.335 e. The third kappa shape index (κ3) is 4.15. The van der Waals surface area contributed by atoms with Gasteiger partial charge in [0.25, 0.3) is 5.91 Å². The van der Waals surface area contributed by atoms with Gasteiger partial charge in [0, 0.05) is 31.1 Å². The van der Waals surface area contributed by atoms with E-state index >= 15 is 0 Å². The van der Waals surface area contributed by atoms with E-state index in [1.54, 1.807) is 24.3 Å². The maximum absolute atomic E-state index is 14.0. The minimum absolute atomic E-state index is 0.0488. The lowest BCUT2D eigenvalue weighted by Crippen LogP contribution is -2.50. The number of amides is 1. The molecule has 0 atom stereocenters. The highest BCUT2D eigenvalue weighted by molar-refractivity contribution is 7.89. The van der Waals surface area contributed by atoms with Gasteiger partial charge in [0.2, 0.25) is 10.0 Å². The fourth-order valence-corrected chi connectivity index (χ4v) is 5.81. The van der Waals surface area contributed by atoms with E-state index in [0.29, 0.717) is 17.0 Å². The van der Waals surface area contributed by atoms with Crippen LogP contribution in [0.15, 0.2) is 53.4 Å². The molecule has 0 radical (unpaired) electrons. The lowest BCUT2D eigenvalue weighted by atomic mass is 10.2. The lowest BCUT2D eigenvalue weighted by molar-refractivity contribution is 0.0702. The van der Waals surface area contributed by atoms with Gasteiger partial charge in [0.1, 0.15) is 10.7 Å². The van der Waals surface area contributed by atoms with Gasteiger partial charge in [-0.1, -0.05) is 12.1 Å². The molecule has 0 N–H and O–H groups in total. The zero-order valence-electron chi connectivity index (χ0n) is 16.4. The second-order valence-electron chi connectivity index (χ2n) is 7.04. The number of benzene rings is 2. The van der Waals surface area contributed by atoms with E-state index in [9.17, 15) is 30.8 Å². The number of carbonyl (C=O) groups excluding carboxylic acids is 1. The molecule has 1 aliphatic rings. The van der Waals surface area contributed by atoms with Crippen molar-refractivity contribution in [3.8, 4) is 10.4 Å². The van der Waals surface area contributed by atoms with Gasteiger partial charge in [-0.2, -0.15) is 4.31 Å². The molecule has 4 rings (SSSR count). The standard InChI is InChI=1S/C21H16F4N2O3S2/c22-14-3-1-13(2-4-14)16-6-7-17(31-16)21(28)26-9-11-27(12-10-26)32(29,30)18-8-5-15(23)19(24)20(18)25/h1-8H,9-12H2. The average molecular weight is 484 g/mol. The van der Waals surface area contributed by atoms with Crippen molar-refractivity contribution in [2.24, 2.45) is 0 Å². The molecular formula is C21H16F4N2O3S2. The molecule has 0 aliphatic carbocycles. The van der Waals surface area contributed by atoms with Crippen LogP contribution in [-0.2, 0) is 10.0 Å². The molecule has 0 saturated carbocycles. The van der Waals surface area contributed by atoms with E-state index in [2.05, 4.69) is 0 Å². The highest BCUT2D eigenvalue weighted by Crippen LogP contribution is 2.30. The highest BCUT2D eigenvalue weighted by atomic mass is 32.2. The number of rotatable bonds is 4. The molecule has 3 aromatic rings. The highest BCUT2D eigenvalue weighted by Gasteiger charge is 2.34. The third-order valence-corrected chi connectivity index (χ3v) is 8.13. The van der Waals surface area contributed by atoms with Gasteiger partial charge in [0.05, 0.1) is 4.88 Å². The molecular weight excluding hydrogens is 468 g/mol. The van der Waals surface area contributed by atoms with Crippen LogP contribution in [-0.4, -0.2) is 49.7 Å². The number of nitrogens with zero attached hydrogens (tertiary/aromatic N) is 2. The smallest absolute Gasteiger partial charge is 0.264 e. The number of halogens is 4. The zero-order valence-corrected chi connectivity index (χ0v) is 18.0. The van der Waals surface area contributed by atoms with E-state index in [1.165, 1.54) is 28.4 Å². The van der Waals surface area contributed by atoms with Crippen molar-refractivity contribution in [3.05, 3.63) is 76.7 Å². The van der Waals surface area contributed by atoms with E-state index in [1.807, 2.05) is 0 Å². The van der Waals surface area contributed by atoms with Crippen molar-refractivity contribution in [2.45, 2.75) is 4.90 Å². The van der Waals surface area contributed by atoms with Crippen LogP contribution in [0.5, 0.6) is 0 Å². The molecule has 0 bridgehead atoms. The number of hydrogen-bond acceptors (Lipinski definition) is 4. The molecule has 2 heterocycles. The average Bonchev–Trinajstić information content (AvgIpc) is 3.27. The van der Waals surface area contributed by atoms with Gasteiger partial charge < -0.3 is 4.90 Å². The second kappa shape index (κ2) is 8.64. The first-order valence-corrected chi connectivity index (χ1v) is 11.7. The number of sulfonamides is 1. The quantitative estimate of drug-likeness (QED) is 0.414. The molecule has 11 heteroatoms. The molecule has 0 spiro atoms. The van der Waals surface area contributed by atoms with E-state index in [0.717, 1.165) is 14.7 Å². The van der Waals surface area contributed by atoms with Crippen LogP contribution in [0.1, 0.15) is 9.67 Å². The number of hydrogen-bond donors (Lipinski definition) is 0. The van der Waals surface area contributed by atoms with Crippen LogP contribution in [0.2, 0.25) is 0 Å². The Morgan fingerprint density at radius 2 is 1.47 bits per heavy atom. The Kier molecular flexibility index (Phi) is 6.06. The fourth-order valence-electron chi connectivity index (χ4n) is 3.36. The molecule has 0 unspecified atom stereocenters. The molecule has 1 aromatic heterocycles. The van der Waals surface area contributed by atoms with Crippen molar-refractivity contribution >= 4 is 27.3 Å². The topological polar surface area (TPSA) is 57.7 Å². The minimum atomic E-state index is -4.40. The second-order valence-corrected chi connectivity index (χ2v) is 10.0. The summed E-state index contributed by atoms with van der Waals surface area (Å²) < 4.78 is 80.0. The molecule has 1 fully saturated rings. The first kappa shape index (κ1) is 22.4. The maximum Gasteiger partial charge on any atom is 0.264 e. The van der Waals surface area contributed by atoms with Gasteiger partial charge in [-0.25, -0.2) is 26.0 Å². The minimum Gasteiger partial charge on any atom is -0.335 e. The molecule has 1 saturated heterocycles. The number of thiophene rings is 1. The Balaban J connectivity index is 1.45. The molecule has 1 amide bonds. The Bertz CT molecular complexity index is 1270. The van der Waals surface area contributed by atoms with E-state index in [4.69, 9.17) is 0 Å². The normalized spacial score (nSPS) is 15.2. The molecule has 32 heavy (non-hydrogen) atoms. The first-order chi connectivity index (χ1) is 15.2. The molecule has 168 valence electrons. The van der Waals surface area contributed by atoms with Gasteiger partial charge in [-0.15, -0.1) is 11.3 Å². The molecule has 5 nitrogen and oxygen atoms in total. The van der Waals surface area contributed by atoms with Gasteiger partial charge in [0.15, 0.2) is 17.5 Å². The Morgan fingerprint density at radius 1 is 0.812 bits per heavy atom. The predicted octanol–water partition coefficient (Wildman–Crippen LogP) is 4.12. The van der Waals surface area contributed by atoms with E-state index < -0.39 is 32.4 Å². The lowest BCUT2D eigenvalue weighted by Gasteiger charge is -2.33. The third-order valence-electron chi connectivity index (χ3n) is 5.09. The van der Waals surface area contributed by atoms with Crippen molar-refractivity contribution in [1.29, 1.82) is 0 Å². The first-order valence-electron chi connectivity index (χ1n) is 9.47. The van der Waals surface area contributed by atoms with Gasteiger partial charge in [-0.3, -0.25) is 4.79 Å². The van der Waals surface area contributed by atoms with Crippen molar-refractivity contribution < 1.29 is 30.8 Å². The number of piperazine rings is 1. The summed E-state index contributed by atoms with van der Waals surface area (Å²) in [5.74, 6) is -5.75. The van der Waals surface area contributed by atoms with Crippen molar-refractivity contribution in [2.75, 3.05) is 26.2 Å². The Morgan fingerprint density at radius 3 is 2.12 bits per heavy atom. The van der Waals surface area contributed by atoms with Crippen molar-refractivity contribution in [3.63, 3.8) is 0 Å². The summed E-state index contributed by atoms with van der Waals surface area (Å²) in [6.45, 7) is -0.147. The monoisotopic (exact) mass is 484 g/mol. The summed E-state index contributed by atoms with van der Waals surface area (Å²) in [5, 5.41) is 0. The summed E-state index contributed by atoms with van der Waals surface area (Å²) in [4.78, 5) is 14.6. The van der Waals surface area contributed by atoms with Crippen LogP contribution in [0, 0.1) is 23.3 Å². The Hall–Kier alpha value is -2.76. The summed E-state index contributed by atoms with van der Waals surface area (Å²) in [7, 11) is -4.40. The van der Waals surface area contributed by atoms with Crippen LogP contribution < -0.4 is 0 Å². The SMILES string of the molecule is O=C(c1ccc(-c2ccc(F)cc2)s1)N1CCN(S(=O)(=O)c2ccc(F)c(F)c2F)CC1. The zero-order chi connectivity index (χ0) is 23.0. The van der Waals surface area contributed by atoms with Crippen LogP contribution >= 0.6 is 11.3 Å². The predicted molar refractivity (Wildman–Crippen MR) is 111 cm³/mol. The Labute approximate surface area is 185 Å². The van der Waals surface area contributed by atoms with Gasteiger partial charge in [-0.05, 0) is 42.0 Å². The summed E-state index contributed by atoms with van der Waals surface area (Å²) >= 11 is 1.23. The van der Waals surface area contributed by atoms with Crippen LogP contribution in [0.3, 0.4) is 0 Å². The van der Waals surface area contributed by atoms with Crippen LogP contribution in [0.25, 0.3) is 10.4 Å². The van der Waals surface area contributed by atoms with E-state index in [-0.39, 0.29) is 37.9 Å². The summed E-state index contributed by atoms with van der Waals surface area (Å²) in [5.41, 5.74) is 0.764. The van der Waals surface area contributed by atoms with Gasteiger partial charge >= 0.3 is 0 Å². The number of carbonyl (C=O) groups is 1. The van der Waals surface area contributed by atoms with Crippen molar-refractivity contribution in [1.82, 2.24) is 9.21 Å². The summed E-state index contributed by atoms with van der Waals surface area (Å²) in [6.07, 6.45) is 0. The maximum atomic E-state index is 14.0. The molecule has 1 aliphatic heterocycles. The summed E-state index contributed by atoms with van der Waals surface area (Å²) in [6, 6.07) is 10.5.